The average molecular weight is 360 g/mol. The number of thiophene rings is 1. The van der Waals surface area contributed by atoms with E-state index in [0.717, 1.165) is 6.42 Å². The Bertz CT molecular complexity index is 746. The fourth-order valence-corrected chi connectivity index (χ4v) is 4.32. The van der Waals surface area contributed by atoms with E-state index in [4.69, 9.17) is 0 Å². The Morgan fingerprint density at radius 1 is 1.14 bits per heavy atom. The molecular weight excluding hydrogens is 342 g/mol. The van der Waals surface area contributed by atoms with Gasteiger partial charge in [-0.2, -0.15) is 0 Å². The quantitative estimate of drug-likeness (QED) is 0.650. The molecule has 0 aliphatic heterocycles. The lowest BCUT2D eigenvalue weighted by Gasteiger charge is -2.16. The van der Waals surface area contributed by atoms with Gasteiger partial charge in [0.05, 0.1) is 0 Å². The van der Waals surface area contributed by atoms with Crippen LogP contribution in [0.25, 0.3) is 10.1 Å². The Hall–Kier alpha value is -1.16. The lowest BCUT2D eigenvalue weighted by molar-refractivity contribution is 0.597. The smallest absolute Gasteiger partial charge is 0.0488 e. The highest BCUT2D eigenvalue weighted by molar-refractivity contribution is 9.10. The van der Waals surface area contributed by atoms with Crippen molar-refractivity contribution in [2.24, 2.45) is 0 Å². The van der Waals surface area contributed by atoms with E-state index in [1.54, 1.807) is 0 Å². The van der Waals surface area contributed by atoms with E-state index < -0.39 is 0 Å². The molecule has 0 aliphatic rings. The van der Waals surface area contributed by atoms with Crippen LogP contribution in [0.3, 0.4) is 0 Å². The number of benzene rings is 2. The Morgan fingerprint density at radius 2 is 1.90 bits per heavy atom. The maximum Gasteiger partial charge on any atom is 0.0488 e. The highest BCUT2D eigenvalue weighted by Crippen LogP contribution is 2.36. The van der Waals surface area contributed by atoms with Crippen LogP contribution in [0, 0.1) is 6.92 Å². The molecule has 1 unspecified atom stereocenters. The summed E-state index contributed by atoms with van der Waals surface area (Å²) < 4.78 is 2.51. The molecule has 1 aromatic heterocycles. The lowest BCUT2D eigenvalue weighted by Crippen LogP contribution is -2.18. The van der Waals surface area contributed by atoms with Gasteiger partial charge >= 0.3 is 0 Å². The molecule has 21 heavy (non-hydrogen) atoms. The molecule has 0 amide bonds. The number of halogens is 1. The van der Waals surface area contributed by atoms with Gasteiger partial charge < -0.3 is 5.32 Å². The first kappa shape index (κ1) is 14.8. The molecule has 0 spiro atoms. The maximum atomic E-state index is 3.65. The Balaban J connectivity index is 1.95. The van der Waals surface area contributed by atoms with Crippen LogP contribution >= 0.6 is 27.3 Å². The van der Waals surface area contributed by atoms with Crippen molar-refractivity contribution >= 4 is 37.4 Å². The Labute approximate surface area is 138 Å². The summed E-state index contributed by atoms with van der Waals surface area (Å²) in [6.07, 6.45) is 1.01. The van der Waals surface area contributed by atoms with Crippen LogP contribution in [-0.4, -0.2) is 7.05 Å². The minimum absolute atomic E-state index is 0.343. The van der Waals surface area contributed by atoms with Gasteiger partial charge in [0, 0.05) is 15.2 Å². The summed E-state index contributed by atoms with van der Waals surface area (Å²) in [7, 11) is 2.04. The van der Waals surface area contributed by atoms with E-state index in [1.165, 1.54) is 31.2 Å². The molecule has 0 saturated carbocycles. The lowest BCUT2D eigenvalue weighted by atomic mass is 9.98. The summed E-state index contributed by atoms with van der Waals surface area (Å²) in [5.41, 5.74) is 4.07. The first-order valence-electron chi connectivity index (χ1n) is 7.07. The second-order valence-corrected chi connectivity index (χ2v) is 7.07. The second kappa shape index (κ2) is 6.30. The third-order valence-electron chi connectivity index (χ3n) is 3.87. The number of rotatable bonds is 4. The molecule has 0 radical (unpaired) electrons. The van der Waals surface area contributed by atoms with E-state index >= 15 is 0 Å². The van der Waals surface area contributed by atoms with Gasteiger partial charge in [-0.15, -0.1) is 11.3 Å². The van der Waals surface area contributed by atoms with Gasteiger partial charge in [-0.1, -0.05) is 42.0 Å². The van der Waals surface area contributed by atoms with Crippen LogP contribution in [0.2, 0.25) is 0 Å². The fraction of sp³-hybridized carbons (Fsp3) is 0.222. The summed E-state index contributed by atoms with van der Waals surface area (Å²) in [4.78, 5) is 0. The zero-order valence-electron chi connectivity index (χ0n) is 12.2. The highest BCUT2D eigenvalue weighted by Gasteiger charge is 2.15. The van der Waals surface area contributed by atoms with Crippen molar-refractivity contribution in [2.45, 2.75) is 19.4 Å². The standard InChI is InChI=1S/C18H18BrNS/c1-12-6-8-13(9-7-12)10-17(20-2)15-11-21-18-14(15)4-3-5-16(18)19/h3-9,11,17,20H,10H2,1-2H3. The summed E-state index contributed by atoms with van der Waals surface area (Å²) in [5.74, 6) is 0. The predicted octanol–water partition coefficient (Wildman–Crippen LogP) is 5.48. The topological polar surface area (TPSA) is 12.0 Å². The van der Waals surface area contributed by atoms with Crippen LogP contribution in [-0.2, 0) is 6.42 Å². The molecule has 108 valence electrons. The molecule has 3 heteroatoms. The maximum absolute atomic E-state index is 3.65. The number of aryl methyl sites for hydroxylation is 1. The second-order valence-electron chi connectivity index (χ2n) is 5.34. The van der Waals surface area contributed by atoms with Gasteiger partial charge in [0.25, 0.3) is 0 Å². The summed E-state index contributed by atoms with van der Waals surface area (Å²) in [6.45, 7) is 2.13. The molecule has 0 bridgehead atoms. The van der Waals surface area contributed by atoms with E-state index in [1.807, 2.05) is 18.4 Å². The van der Waals surface area contributed by atoms with Gasteiger partial charge in [0.1, 0.15) is 0 Å². The van der Waals surface area contributed by atoms with Crippen molar-refractivity contribution in [3.8, 4) is 0 Å². The van der Waals surface area contributed by atoms with Gasteiger partial charge in [-0.25, -0.2) is 0 Å². The van der Waals surface area contributed by atoms with Crippen LogP contribution in [0.15, 0.2) is 52.3 Å². The van der Waals surface area contributed by atoms with Gasteiger partial charge in [0.15, 0.2) is 0 Å². The third kappa shape index (κ3) is 3.05. The van der Waals surface area contributed by atoms with E-state index in [9.17, 15) is 0 Å². The molecule has 3 rings (SSSR count). The monoisotopic (exact) mass is 359 g/mol. The number of hydrogen-bond acceptors (Lipinski definition) is 2. The van der Waals surface area contributed by atoms with Gasteiger partial charge in [-0.3, -0.25) is 0 Å². The molecule has 0 aliphatic carbocycles. The number of nitrogens with one attached hydrogen (secondary N) is 1. The molecule has 0 saturated heterocycles. The molecule has 1 heterocycles. The highest BCUT2D eigenvalue weighted by atomic mass is 79.9. The molecule has 3 aromatic rings. The van der Waals surface area contributed by atoms with E-state index in [2.05, 4.69) is 76.0 Å². The Kier molecular flexibility index (Phi) is 4.43. The number of likely N-dealkylation sites (N-methyl/N-ethyl adjacent to an activating group) is 1. The number of hydrogen-bond donors (Lipinski definition) is 1. The van der Waals surface area contributed by atoms with Gasteiger partial charge in [0.2, 0.25) is 0 Å². The van der Waals surface area contributed by atoms with Crippen LogP contribution in [0.5, 0.6) is 0 Å². The van der Waals surface area contributed by atoms with Gasteiger partial charge in [-0.05, 0) is 64.3 Å². The van der Waals surface area contributed by atoms with Crippen LogP contribution < -0.4 is 5.32 Å². The van der Waals surface area contributed by atoms with Crippen molar-refractivity contribution in [3.05, 3.63) is 69.0 Å². The zero-order chi connectivity index (χ0) is 14.8. The first-order chi connectivity index (χ1) is 10.2. The molecule has 1 atom stereocenters. The van der Waals surface area contributed by atoms with Crippen molar-refractivity contribution in [2.75, 3.05) is 7.05 Å². The van der Waals surface area contributed by atoms with E-state index in [0.29, 0.717) is 6.04 Å². The minimum Gasteiger partial charge on any atom is -0.313 e. The number of fused-ring (bicyclic) bond motifs is 1. The van der Waals surface area contributed by atoms with Crippen molar-refractivity contribution < 1.29 is 0 Å². The third-order valence-corrected chi connectivity index (χ3v) is 5.84. The Morgan fingerprint density at radius 3 is 2.62 bits per heavy atom. The molecule has 1 N–H and O–H groups in total. The van der Waals surface area contributed by atoms with Crippen molar-refractivity contribution in [1.82, 2.24) is 5.32 Å². The predicted molar refractivity (Wildman–Crippen MR) is 96.2 cm³/mol. The van der Waals surface area contributed by atoms with Crippen LogP contribution in [0.4, 0.5) is 0 Å². The summed E-state index contributed by atoms with van der Waals surface area (Å²) in [6, 6.07) is 15.6. The largest absolute Gasteiger partial charge is 0.313 e. The summed E-state index contributed by atoms with van der Waals surface area (Å²) >= 11 is 5.46. The zero-order valence-corrected chi connectivity index (χ0v) is 14.6. The van der Waals surface area contributed by atoms with Crippen molar-refractivity contribution in [3.63, 3.8) is 0 Å². The molecule has 1 nitrogen and oxygen atoms in total. The van der Waals surface area contributed by atoms with Crippen LogP contribution in [0.1, 0.15) is 22.7 Å². The normalized spacial score (nSPS) is 12.7. The first-order valence-corrected chi connectivity index (χ1v) is 8.74. The average Bonchev–Trinajstić information content (AvgIpc) is 2.92. The minimum atomic E-state index is 0.343. The van der Waals surface area contributed by atoms with E-state index in [-0.39, 0.29) is 0 Å². The SMILES string of the molecule is CNC(Cc1ccc(C)cc1)c1csc2c(Br)cccc12. The van der Waals surface area contributed by atoms with Crippen molar-refractivity contribution in [1.29, 1.82) is 0 Å². The molecular formula is C18H18BrNS. The molecule has 0 fully saturated rings. The summed E-state index contributed by atoms with van der Waals surface area (Å²) in [5, 5.41) is 7.10. The molecule has 2 aromatic carbocycles. The fourth-order valence-electron chi connectivity index (χ4n) is 2.64.